The topological polar surface area (TPSA) is 95.7 Å². The zero-order valence-corrected chi connectivity index (χ0v) is 16.4. The summed E-state index contributed by atoms with van der Waals surface area (Å²) in [6, 6.07) is 15.1. The van der Waals surface area contributed by atoms with Crippen molar-refractivity contribution in [3.05, 3.63) is 65.2 Å². The Labute approximate surface area is 170 Å². The van der Waals surface area contributed by atoms with Crippen LogP contribution < -0.4 is 11.1 Å². The van der Waals surface area contributed by atoms with Gasteiger partial charge in [-0.25, -0.2) is 0 Å². The summed E-state index contributed by atoms with van der Waals surface area (Å²) in [6.07, 6.45) is 2.98. The predicted molar refractivity (Wildman–Crippen MR) is 110 cm³/mol. The van der Waals surface area contributed by atoms with Gasteiger partial charge in [-0.1, -0.05) is 36.4 Å². The molecule has 4 rings (SSSR count). The second kappa shape index (κ2) is 7.87. The van der Waals surface area contributed by atoms with E-state index in [2.05, 4.69) is 23.5 Å². The highest BCUT2D eigenvalue weighted by molar-refractivity contribution is 5.79. The van der Waals surface area contributed by atoms with E-state index in [9.17, 15) is 14.7 Å². The average molecular weight is 393 g/mol. The van der Waals surface area contributed by atoms with Crippen LogP contribution in [0.25, 0.3) is 0 Å². The fourth-order valence-electron chi connectivity index (χ4n) is 4.83. The molecule has 4 N–H and O–H groups in total. The number of phenolic OH excluding ortho intramolecular Hbond substituents is 1. The summed E-state index contributed by atoms with van der Waals surface area (Å²) >= 11 is 0. The molecule has 1 saturated heterocycles. The normalized spacial score (nSPS) is 19.8. The molecule has 1 spiro atoms. The monoisotopic (exact) mass is 393 g/mol. The molecule has 0 radical (unpaired) electrons. The molecule has 0 saturated carbocycles. The van der Waals surface area contributed by atoms with Crippen LogP contribution in [0.3, 0.4) is 0 Å². The van der Waals surface area contributed by atoms with Gasteiger partial charge >= 0.3 is 0 Å². The van der Waals surface area contributed by atoms with Crippen molar-refractivity contribution in [1.82, 2.24) is 10.2 Å². The number of nitrogens with zero attached hydrogens (tertiary/aromatic N) is 1. The number of fused-ring (bicyclic) bond motifs is 2. The van der Waals surface area contributed by atoms with Gasteiger partial charge in [0, 0.05) is 18.5 Å². The predicted octanol–water partition coefficient (Wildman–Crippen LogP) is 2.01. The zero-order valence-electron chi connectivity index (χ0n) is 16.4. The Morgan fingerprint density at radius 1 is 1.10 bits per heavy atom. The molecule has 1 heterocycles. The summed E-state index contributed by atoms with van der Waals surface area (Å²) in [5.41, 5.74) is 8.88. The lowest BCUT2D eigenvalue weighted by Gasteiger charge is -2.40. The highest BCUT2D eigenvalue weighted by Gasteiger charge is 2.46. The van der Waals surface area contributed by atoms with Gasteiger partial charge in [0.15, 0.2) is 0 Å². The van der Waals surface area contributed by atoms with E-state index in [1.807, 2.05) is 11.0 Å². The molecule has 1 atom stereocenters. The summed E-state index contributed by atoms with van der Waals surface area (Å²) < 4.78 is 0. The summed E-state index contributed by atoms with van der Waals surface area (Å²) in [5, 5.41) is 12.5. The first-order valence-corrected chi connectivity index (χ1v) is 10.2. The van der Waals surface area contributed by atoms with Crippen LogP contribution in [0.4, 0.5) is 0 Å². The largest absolute Gasteiger partial charge is 0.508 e. The Kier molecular flexibility index (Phi) is 5.28. The highest BCUT2D eigenvalue weighted by Crippen LogP contribution is 2.50. The number of aromatic hydroxyl groups is 1. The Bertz CT molecular complexity index is 902. The van der Waals surface area contributed by atoms with Gasteiger partial charge in [0.2, 0.25) is 11.8 Å². The molecule has 6 heteroatoms. The summed E-state index contributed by atoms with van der Waals surface area (Å²) in [5.74, 6) is 0.186. The minimum absolute atomic E-state index is 0.00153. The lowest BCUT2D eigenvalue weighted by Crippen LogP contribution is -2.45. The van der Waals surface area contributed by atoms with Crippen molar-refractivity contribution in [2.75, 3.05) is 19.6 Å². The van der Waals surface area contributed by atoms with Crippen molar-refractivity contribution in [3.8, 4) is 5.75 Å². The Hall–Kier alpha value is -2.86. The van der Waals surface area contributed by atoms with E-state index in [1.54, 1.807) is 24.3 Å². The van der Waals surface area contributed by atoms with Crippen LogP contribution in [-0.4, -0.2) is 41.5 Å². The van der Waals surface area contributed by atoms with Gasteiger partial charge in [0.1, 0.15) is 5.75 Å². The fraction of sp³-hybridized carbons (Fsp3) is 0.391. The van der Waals surface area contributed by atoms with Gasteiger partial charge < -0.3 is 21.1 Å². The van der Waals surface area contributed by atoms with Crippen molar-refractivity contribution >= 4 is 11.8 Å². The maximum atomic E-state index is 12.7. The zero-order chi connectivity index (χ0) is 20.4. The third kappa shape index (κ3) is 3.85. The van der Waals surface area contributed by atoms with Crippen molar-refractivity contribution in [3.63, 3.8) is 0 Å². The second-order valence-corrected chi connectivity index (χ2v) is 8.12. The van der Waals surface area contributed by atoms with Gasteiger partial charge in [-0.2, -0.15) is 0 Å². The van der Waals surface area contributed by atoms with Crippen LogP contribution in [0.5, 0.6) is 5.75 Å². The van der Waals surface area contributed by atoms with E-state index in [4.69, 9.17) is 5.73 Å². The van der Waals surface area contributed by atoms with Crippen LogP contribution >= 0.6 is 0 Å². The van der Waals surface area contributed by atoms with E-state index >= 15 is 0 Å². The number of nitrogens with one attached hydrogen (secondary N) is 1. The average Bonchev–Trinajstić information content (AvgIpc) is 3.03. The molecule has 29 heavy (non-hydrogen) atoms. The molecule has 1 fully saturated rings. The van der Waals surface area contributed by atoms with Gasteiger partial charge in [-0.05, 0) is 48.1 Å². The molecule has 0 bridgehead atoms. The molecule has 1 unspecified atom stereocenters. The van der Waals surface area contributed by atoms with Crippen LogP contribution in [0.2, 0.25) is 0 Å². The number of phenols is 1. The number of rotatable bonds is 4. The standard InChI is InChI=1S/C23H27N3O3/c24-15-21(28)25-20-14-23(19-4-2-1-3-18(19)20)9-11-26(12-10-23)22(29)13-16-5-7-17(27)8-6-16/h1-8,20,27H,9-15,24H2,(H,25,28). The van der Waals surface area contributed by atoms with E-state index in [0.29, 0.717) is 19.5 Å². The molecule has 2 aromatic rings. The van der Waals surface area contributed by atoms with Crippen molar-refractivity contribution in [2.24, 2.45) is 5.73 Å². The van der Waals surface area contributed by atoms with Crippen molar-refractivity contribution < 1.29 is 14.7 Å². The molecule has 2 aromatic carbocycles. The number of nitrogens with two attached hydrogens (primary N) is 1. The molecule has 1 aliphatic carbocycles. The summed E-state index contributed by atoms with van der Waals surface area (Å²) in [4.78, 5) is 26.6. The number of likely N-dealkylation sites (tertiary alicyclic amines) is 1. The SMILES string of the molecule is NCC(=O)NC1CC2(CCN(C(=O)Cc3ccc(O)cc3)CC2)c2ccccc21. The lowest BCUT2D eigenvalue weighted by molar-refractivity contribution is -0.132. The minimum atomic E-state index is -0.136. The number of piperidine rings is 1. The molecule has 2 amide bonds. The van der Waals surface area contributed by atoms with Crippen molar-refractivity contribution in [2.45, 2.75) is 37.1 Å². The maximum Gasteiger partial charge on any atom is 0.234 e. The second-order valence-electron chi connectivity index (χ2n) is 8.12. The fourth-order valence-corrected chi connectivity index (χ4v) is 4.83. The molecule has 1 aliphatic heterocycles. The smallest absolute Gasteiger partial charge is 0.234 e. The molecular formula is C23H27N3O3. The first-order valence-electron chi connectivity index (χ1n) is 10.2. The third-order valence-electron chi connectivity index (χ3n) is 6.39. The molecule has 6 nitrogen and oxygen atoms in total. The number of benzene rings is 2. The molecule has 152 valence electrons. The Balaban J connectivity index is 1.44. The first-order chi connectivity index (χ1) is 14.0. The minimum Gasteiger partial charge on any atom is -0.508 e. The summed E-state index contributed by atoms with van der Waals surface area (Å²) in [6.45, 7) is 1.41. The third-order valence-corrected chi connectivity index (χ3v) is 6.39. The number of hydrogen-bond donors (Lipinski definition) is 3. The van der Waals surface area contributed by atoms with Crippen LogP contribution in [0, 0.1) is 0 Å². The molecule has 2 aliphatic rings. The molecular weight excluding hydrogens is 366 g/mol. The van der Waals surface area contributed by atoms with Gasteiger partial charge in [-0.15, -0.1) is 0 Å². The number of carbonyl (C=O) groups is 2. The van der Waals surface area contributed by atoms with Gasteiger partial charge in [0.05, 0.1) is 19.0 Å². The maximum absolute atomic E-state index is 12.7. The molecule has 0 aromatic heterocycles. The van der Waals surface area contributed by atoms with Crippen LogP contribution in [0.1, 0.15) is 42.0 Å². The number of hydrogen-bond acceptors (Lipinski definition) is 4. The van der Waals surface area contributed by atoms with Crippen LogP contribution in [-0.2, 0) is 21.4 Å². The van der Waals surface area contributed by atoms with E-state index in [-0.39, 0.29) is 35.6 Å². The van der Waals surface area contributed by atoms with Gasteiger partial charge in [-0.3, -0.25) is 9.59 Å². The number of amides is 2. The Morgan fingerprint density at radius 3 is 2.48 bits per heavy atom. The lowest BCUT2D eigenvalue weighted by atomic mass is 9.73. The summed E-state index contributed by atoms with van der Waals surface area (Å²) in [7, 11) is 0. The van der Waals surface area contributed by atoms with Gasteiger partial charge in [0.25, 0.3) is 0 Å². The van der Waals surface area contributed by atoms with E-state index in [0.717, 1.165) is 24.8 Å². The highest BCUT2D eigenvalue weighted by atomic mass is 16.3. The van der Waals surface area contributed by atoms with Crippen molar-refractivity contribution in [1.29, 1.82) is 0 Å². The first kappa shape index (κ1) is 19.5. The van der Waals surface area contributed by atoms with E-state index in [1.165, 1.54) is 11.1 Å². The Morgan fingerprint density at radius 2 is 1.79 bits per heavy atom. The quantitative estimate of drug-likeness (QED) is 0.740. The number of carbonyl (C=O) groups excluding carboxylic acids is 2. The van der Waals surface area contributed by atoms with E-state index < -0.39 is 0 Å². The van der Waals surface area contributed by atoms with Crippen LogP contribution in [0.15, 0.2) is 48.5 Å².